The molecule has 23 heavy (non-hydrogen) atoms. The molecule has 2 N–H and O–H groups in total. The zero-order valence-corrected chi connectivity index (χ0v) is 14.5. The van der Waals surface area contributed by atoms with E-state index in [1.807, 2.05) is 27.0 Å². The van der Waals surface area contributed by atoms with Crippen molar-refractivity contribution in [2.24, 2.45) is 5.73 Å². The molecule has 2 rings (SSSR count). The highest BCUT2D eigenvalue weighted by molar-refractivity contribution is 5.68. The Morgan fingerprint density at radius 2 is 2.30 bits per heavy atom. The maximum atomic E-state index is 12.4. The number of aromatic nitrogens is 2. The second-order valence-corrected chi connectivity index (χ2v) is 6.81. The van der Waals surface area contributed by atoms with Gasteiger partial charge >= 0.3 is 6.09 Å². The van der Waals surface area contributed by atoms with E-state index in [1.165, 1.54) is 0 Å². The predicted octanol–water partition coefficient (Wildman–Crippen LogP) is 1.41. The van der Waals surface area contributed by atoms with Crippen molar-refractivity contribution in [2.45, 2.75) is 58.3 Å². The second kappa shape index (κ2) is 7.31. The van der Waals surface area contributed by atoms with Gasteiger partial charge in [-0.15, -0.1) is 0 Å². The van der Waals surface area contributed by atoms with Crippen LogP contribution in [0.3, 0.4) is 0 Å². The molecule has 0 spiro atoms. The fraction of sp³-hybridized carbons (Fsp3) is 0.750. The SMILES string of the molecule is CCn1ccnc1CC(N)C1COCCN1C(=O)OC(C)(C)C. The standard InChI is InChI=1S/C16H28N4O3/c1-5-19-7-6-18-14(19)10-12(17)13-11-22-9-8-20(13)15(21)23-16(2,3)4/h6-7,12-13H,5,8-11,17H2,1-4H3. The summed E-state index contributed by atoms with van der Waals surface area (Å²) in [5.41, 5.74) is 5.85. The van der Waals surface area contributed by atoms with Crippen LogP contribution in [-0.2, 0) is 22.4 Å². The van der Waals surface area contributed by atoms with Gasteiger partial charge in [0.15, 0.2) is 0 Å². The number of morpholine rings is 1. The van der Waals surface area contributed by atoms with Gasteiger partial charge in [-0.25, -0.2) is 9.78 Å². The number of aryl methyl sites for hydroxylation is 1. The maximum Gasteiger partial charge on any atom is 0.410 e. The van der Waals surface area contributed by atoms with E-state index >= 15 is 0 Å². The summed E-state index contributed by atoms with van der Waals surface area (Å²) in [4.78, 5) is 18.5. The van der Waals surface area contributed by atoms with Crippen LogP contribution >= 0.6 is 0 Å². The lowest BCUT2D eigenvalue weighted by Crippen LogP contribution is -2.58. The Hall–Kier alpha value is -1.60. The van der Waals surface area contributed by atoms with E-state index in [0.29, 0.717) is 26.2 Å². The molecule has 1 aromatic heterocycles. The largest absolute Gasteiger partial charge is 0.444 e. The second-order valence-electron chi connectivity index (χ2n) is 6.81. The molecule has 0 radical (unpaired) electrons. The highest BCUT2D eigenvalue weighted by atomic mass is 16.6. The lowest BCUT2D eigenvalue weighted by Gasteiger charge is -2.39. The number of nitrogens with zero attached hydrogens (tertiary/aromatic N) is 3. The number of hydrogen-bond acceptors (Lipinski definition) is 5. The summed E-state index contributed by atoms with van der Waals surface area (Å²) < 4.78 is 13.1. The van der Waals surface area contributed by atoms with Crippen LogP contribution in [0.15, 0.2) is 12.4 Å². The number of carbonyl (C=O) groups is 1. The third kappa shape index (κ3) is 4.68. The van der Waals surface area contributed by atoms with Gasteiger partial charge in [0.2, 0.25) is 0 Å². The molecule has 0 bridgehead atoms. The number of imidazole rings is 1. The number of hydrogen-bond donors (Lipinski definition) is 1. The summed E-state index contributed by atoms with van der Waals surface area (Å²) >= 11 is 0. The molecule has 7 nitrogen and oxygen atoms in total. The maximum absolute atomic E-state index is 12.4. The average Bonchev–Trinajstić information content (AvgIpc) is 2.92. The van der Waals surface area contributed by atoms with Crippen molar-refractivity contribution in [2.75, 3.05) is 19.8 Å². The van der Waals surface area contributed by atoms with Gasteiger partial charge < -0.3 is 19.8 Å². The minimum Gasteiger partial charge on any atom is -0.444 e. The van der Waals surface area contributed by atoms with Crippen LogP contribution < -0.4 is 5.73 Å². The third-order valence-corrected chi connectivity index (χ3v) is 3.85. The molecule has 1 fully saturated rings. The fourth-order valence-electron chi connectivity index (χ4n) is 2.69. The normalized spacial score (nSPS) is 20.4. The summed E-state index contributed by atoms with van der Waals surface area (Å²) in [7, 11) is 0. The molecule has 0 aliphatic carbocycles. The Morgan fingerprint density at radius 1 is 1.57 bits per heavy atom. The molecule has 7 heteroatoms. The topological polar surface area (TPSA) is 82.6 Å². The van der Waals surface area contributed by atoms with Crippen LogP contribution in [0.25, 0.3) is 0 Å². The minimum absolute atomic E-state index is 0.208. The average molecular weight is 324 g/mol. The first-order valence-electron chi connectivity index (χ1n) is 8.14. The smallest absolute Gasteiger partial charge is 0.410 e. The predicted molar refractivity (Wildman–Crippen MR) is 87.1 cm³/mol. The van der Waals surface area contributed by atoms with Gasteiger partial charge in [0.1, 0.15) is 11.4 Å². The number of ether oxygens (including phenoxy) is 2. The van der Waals surface area contributed by atoms with Crippen LogP contribution in [-0.4, -0.2) is 58.0 Å². The van der Waals surface area contributed by atoms with Crippen LogP contribution in [0.4, 0.5) is 4.79 Å². The van der Waals surface area contributed by atoms with Crippen molar-refractivity contribution in [3.05, 3.63) is 18.2 Å². The summed E-state index contributed by atoms with van der Waals surface area (Å²) in [6.45, 7) is 9.91. The van der Waals surface area contributed by atoms with Crippen LogP contribution in [0.2, 0.25) is 0 Å². The molecular formula is C16H28N4O3. The Morgan fingerprint density at radius 3 is 2.96 bits per heavy atom. The van der Waals surface area contributed by atoms with Crippen molar-refractivity contribution in [3.63, 3.8) is 0 Å². The van der Waals surface area contributed by atoms with Gasteiger partial charge in [0, 0.05) is 37.9 Å². The van der Waals surface area contributed by atoms with Gasteiger partial charge in [-0.05, 0) is 27.7 Å². The Labute approximate surface area is 137 Å². The van der Waals surface area contributed by atoms with E-state index in [-0.39, 0.29) is 18.2 Å². The van der Waals surface area contributed by atoms with E-state index < -0.39 is 5.60 Å². The zero-order chi connectivity index (χ0) is 17.0. The van der Waals surface area contributed by atoms with E-state index in [4.69, 9.17) is 15.2 Å². The third-order valence-electron chi connectivity index (χ3n) is 3.85. The van der Waals surface area contributed by atoms with E-state index in [9.17, 15) is 4.79 Å². The van der Waals surface area contributed by atoms with Crippen molar-refractivity contribution < 1.29 is 14.3 Å². The Balaban J connectivity index is 2.06. The lowest BCUT2D eigenvalue weighted by atomic mass is 10.0. The Kier molecular flexibility index (Phi) is 5.64. The first-order valence-corrected chi connectivity index (χ1v) is 8.14. The van der Waals surface area contributed by atoms with Crippen molar-refractivity contribution in [1.29, 1.82) is 0 Å². The van der Waals surface area contributed by atoms with E-state index in [2.05, 4.69) is 16.5 Å². The molecule has 2 atom stereocenters. The summed E-state index contributed by atoms with van der Waals surface area (Å²) in [5, 5.41) is 0. The highest BCUT2D eigenvalue weighted by Crippen LogP contribution is 2.17. The van der Waals surface area contributed by atoms with Gasteiger partial charge in [0.05, 0.1) is 19.3 Å². The molecule has 0 saturated carbocycles. The van der Waals surface area contributed by atoms with E-state index in [1.54, 1.807) is 11.1 Å². The Bertz CT molecular complexity index is 524. The van der Waals surface area contributed by atoms with Gasteiger partial charge in [-0.3, -0.25) is 4.90 Å². The molecule has 2 heterocycles. The molecule has 1 aliphatic rings. The van der Waals surface area contributed by atoms with Gasteiger partial charge in [-0.1, -0.05) is 0 Å². The molecule has 2 unspecified atom stereocenters. The zero-order valence-electron chi connectivity index (χ0n) is 14.5. The minimum atomic E-state index is -0.525. The summed E-state index contributed by atoms with van der Waals surface area (Å²) in [6.07, 6.45) is 3.97. The number of nitrogens with two attached hydrogens (primary N) is 1. The molecule has 1 aromatic rings. The molecule has 1 saturated heterocycles. The quantitative estimate of drug-likeness (QED) is 0.905. The van der Waals surface area contributed by atoms with Crippen molar-refractivity contribution in [3.8, 4) is 0 Å². The van der Waals surface area contributed by atoms with Crippen molar-refractivity contribution >= 4 is 6.09 Å². The van der Waals surface area contributed by atoms with Crippen LogP contribution in [0, 0.1) is 0 Å². The lowest BCUT2D eigenvalue weighted by molar-refractivity contribution is -0.0380. The first kappa shape index (κ1) is 17.7. The number of carbonyl (C=O) groups excluding carboxylic acids is 1. The summed E-state index contributed by atoms with van der Waals surface area (Å²) in [6, 6.07) is -0.462. The number of amides is 1. The molecule has 1 amide bonds. The van der Waals surface area contributed by atoms with Crippen LogP contribution in [0.5, 0.6) is 0 Å². The van der Waals surface area contributed by atoms with Crippen molar-refractivity contribution in [1.82, 2.24) is 14.5 Å². The molecule has 1 aliphatic heterocycles. The molecule has 130 valence electrons. The molecular weight excluding hydrogens is 296 g/mol. The van der Waals surface area contributed by atoms with Gasteiger partial charge in [0.25, 0.3) is 0 Å². The summed E-state index contributed by atoms with van der Waals surface area (Å²) in [5.74, 6) is 0.926. The monoisotopic (exact) mass is 324 g/mol. The fourth-order valence-corrected chi connectivity index (χ4v) is 2.69. The first-order chi connectivity index (χ1) is 10.8. The highest BCUT2D eigenvalue weighted by Gasteiger charge is 2.35. The number of rotatable bonds is 4. The van der Waals surface area contributed by atoms with Crippen LogP contribution in [0.1, 0.15) is 33.5 Å². The van der Waals surface area contributed by atoms with E-state index in [0.717, 1.165) is 12.4 Å². The molecule has 0 aromatic carbocycles. The van der Waals surface area contributed by atoms with Gasteiger partial charge in [-0.2, -0.15) is 0 Å².